The average Bonchev–Trinajstić information content (AvgIpc) is 2.40. The average molecular weight is 158 g/mol. The highest BCUT2D eigenvalue weighted by molar-refractivity contribution is 4.85. The monoisotopic (exact) mass is 158 g/mol. The fourth-order valence-electron chi connectivity index (χ4n) is 1.03. The van der Waals surface area contributed by atoms with E-state index in [2.05, 4.69) is 31.0 Å². The molecule has 1 N–H and O–H groups in total. The van der Waals surface area contributed by atoms with Crippen LogP contribution in [0, 0.1) is 0 Å². The second kappa shape index (κ2) is 2.73. The Morgan fingerprint density at radius 3 is 2.09 bits per heavy atom. The number of likely N-dealkylation sites (N-methyl/N-ethyl adjacent to an activating group) is 1. The van der Waals surface area contributed by atoms with Crippen molar-refractivity contribution in [2.24, 2.45) is 0 Å². The van der Waals surface area contributed by atoms with Crippen LogP contribution >= 0.6 is 0 Å². The number of hydrogen-bond acceptors (Lipinski definition) is 3. The Labute approximate surface area is 68.7 Å². The molecule has 1 rings (SSSR count). The third-order valence-electron chi connectivity index (χ3n) is 1.55. The van der Waals surface area contributed by atoms with Crippen molar-refractivity contribution in [1.29, 1.82) is 0 Å². The van der Waals surface area contributed by atoms with Gasteiger partial charge < -0.3 is 4.74 Å². The minimum absolute atomic E-state index is 0.148. The number of nitrogens with zero attached hydrogens (tertiary/aromatic N) is 1. The molecule has 0 saturated carbocycles. The Morgan fingerprint density at radius 1 is 1.27 bits per heavy atom. The van der Waals surface area contributed by atoms with Gasteiger partial charge in [-0.3, -0.25) is 10.2 Å². The van der Waals surface area contributed by atoms with Crippen LogP contribution in [0.15, 0.2) is 0 Å². The third kappa shape index (κ3) is 2.77. The SMILES string of the molecule is CN(C)C1OC1NC(C)(C)C. The molecular weight excluding hydrogens is 140 g/mol. The minimum Gasteiger partial charge on any atom is -0.337 e. The third-order valence-corrected chi connectivity index (χ3v) is 1.55. The number of epoxide rings is 1. The van der Waals surface area contributed by atoms with E-state index < -0.39 is 0 Å². The molecule has 1 aliphatic rings. The Kier molecular flexibility index (Phi) is 2.23. The fraction of sp³-hybridized carbons (Fsp3) is 1.00. The summed E-state index contributed by atoms with van der Waals surface area (Å²) in [5.41, 5.74) is 0.148. The maximum atomic E-state index is 5.37. The number of nitrogens with one attached hydrogen (secondary N) is 1. The molecule has 2 unspecified atom stereocenters. The van der Waals surface area contributed by atoms with Crippen LogP contribution in [0.3, 0.4) is 0 Å². The van der Waals surface area contributed by atoms with Crippen molar-refractivity contribution in [3.8, 4) is 0 Å². The summed E-state index contributed by atoms with van der Waals surface area (Å²) in [7, 11) is 4.05. The van der Waals surface area contributed by atoms with Gasteiger partial charge in [-0.25, -0.2) is 0 Å². The Hall–Kier alpha value is -0.120. The van der Waals surface area contributed by atoms with E-state index in [0.717, 1.165) is 0 Å². The van der Waals surface area contributed by atoms with Gasteiger partial charge in [0.2, 0.25) is 0 Å². The summed E-state index contributed by atoms with van der Waals surface area (Å²) >= 11 is 0. The lowest BCUT2D eigenvalue weighted by Crippen LogP contribution is -2.40. The Morgan fingerprint density at radius 2 is 1.82 bits per heavy atom. The molecule has 3 nitrogen and oxygen atoms in total. The molecule has 1 saturated heterocycles. The number of ether oxygens (including phenoxy) is 1. The fourth-order valence-corrected chi connectivity index (χ4v) is 1.03. The second-order valence-electron chi connectivity index (χ2n) is 4.31. The van der Waals surface area contributed by atoms with Gasteiger partial charge in [-0.2, -0.15) is 0 Å². The van der Waals surface area contributed by atoms with E-state index >= 15 is 0 Å². The van der Waals surface area contributed by atoms with Crippen LogP contribution in [-0.2, 0) is 4.74 Å². The predicted octanol–water partition coefficient (Wildman–Crippen LogP) is 0.618. The normalized spacial score (nSPS) is 31.1. The van der Waals surface area contributed by atoms with Crippen LogP contribution < -0.4 is 5.32 Å². The summed E-state index contributed by atoms with van der Waals surface area (Å²) in [6.45, 7) is 6.42. The summed E-state index contributed by atoms with van der Waals surface area (Å²) in [6, 6.07) is 0. The lowest BCUT2D eigenvalue weighted by molar-refractivity contribution is 0.237. The van der Waals surface area contributed by atoms with Gasteiger partial charge in [0.1, 0.15) is 0 Å². The van der Waals surface area contributed by atoms with Crippen molar-refractivity contribution in [2.45, 2.75) is 38.8 Å². The van der Waals surface area contributed by atoms with Crippen LogP contribution in [-0.4, -0.2) is 37.0 Å². The summed E-state index contributed by atoms with van der Waals surface area (Å²) in [5, 5.41) is 3.36. The van der Waals surface area contributed by atoms with Gasteiger partial charge in [0, 0.05) is 5.54 Å². The molecule has 1 fully saturated rings. The molecule has 1 heterocycles. The molecule has 0 bridgehead atoms. The molecule has 0 spiro atoms. The van der Waals surface area contributed by atoms with Gasteiger partial charge in [-0.05, 0) is 34.9 Å². The van der Waals surface area contributed by atoms with E-state index in [9.17, 15) is 0 Å². The second-order valence-corrected chi connectivity index (χ2v) is 4.31. The summed E-state index contributed by atoms with van der Waals surface area (Å²) < 4.78 is 5.37. The van der Waals surface area contributed by atoms with Crippen LogP contribution in [0.2, 0.25) is 0 Å². The molecule has 0 aromatic rings. The first-order valence-corrected chi connectivity index (χ1v) is 4.00. The van der Waals surface area contributed by atoms with Gasteiger partial charge in [-0.1, -0.05) is 0 Å². The zero-order valence-electron chi connectivity index (χ0n) is 8.01. The molecular formula is C8H18N2O. The van der Waals surface area contributed by atoms with Crippen molar-refractivity contribution >= 4 is 0 Å². The molecule has 0 radical (unpaired) electrons. The van der Waals surface area contributed by atoms with E-state index in [1.54, 1.807) is 0 Å². The lowest BCUT2D eigenvalue weighted by Gasteiger charge is -2.19. The van der Waals surface area contributed by atoms with E-state index in [0.29, 0.717) is 0 Å². The van der Waals surface area contributed by atoms with Crippen molar-refractivity contribution in [2.75, 3.05) is 14.1 Å². The first-order chi connectivity index (χ1) is 4.90. The Balaban J connectivity index is 2.24. The standard InChI is InChI=1S/C8H18N2O/c1-8(2,3)9-6-7(11-6)10(4)5/h6-7,9H,1-5H3. The minimum atomic E-state index is 0.148. The van der Waals surface area contributed by atoms with Crippen molar-refractivity contribution in [1.82, 2.24) is 10.2 Å². The van der Waals surface area contributed by atoms with Crippen LogP contribution in [0.4, 0.5) is 0 Å². The van der Waals surface area contributed by atoms with E-state index in [4.69, 9.17) is 4.74 Å². The molecule has 0 aliphatic carbocycles. The molecule has 0 amide bonds. The maximum Gasteiger partial charge on any atom is 0.152 e. The van der Waals surface area contributed by atoms with Crippen LogP contribution in [0.1, 0.15) is 20.8 Å². The van der Waals surface area contributed by atoms with Crippen molar-refractivity contribution in [3.05, 3.63) is 0 Å². The lowest BCUT2D eigenvalue weighted by atomic mass is 10.1. The topological polar surface area (TPSA) is 27.8 Å². The highest BCUT2D eigenvalue weighted by Gasteiger charge is 2.42. The summed E-state index contributed by atoms with van der Waals surface area (Å²) in [5.74, 6) is 0. The molecule has 0 aromatic heterocycles. The molecule has 11 heavy (non-hydrogen) atoms. The molecule has 0 aromatic carbocycles. The smallest absolute Gasteiger partial charge is 0.152 e. The van der Waals surface area contributed by atoms with Gasteiger partial charge in [0.05, 0.1) is 0 Å². The zero-order valence-corrected chi connectivity index (χ0v) is 8.01. The highest BCUT2D eigenvalue weighted by Crippen LogP contribution is 2.23. The highest BCUT2D eigenvalue weighted by atomic mass is 16.6. The van der Waals surface area contributed by atoms with E-state index in [1.807, 2.05) is 14.1 Å². The van der Waals surface area contributed by atoms with Gasteiger partial charge >= 0.3 is 0 Å². The quantitative estimate of drug-likeness (QED) is 0.597. The Bertz CT molecular complexity index is 140. The van der Waals surface area contributed by atoms with Crippen LogP contribution in [0.5, 0.6) is 0 Å². The predicted molar refractivity (Wildman–Crippen MR) is 45.2 cm³/mol. The van der Waals surface area contributed by atoms with Gasteiger partial charge in [0.25, 0.3) is 0 Å². The maximum absolute atomic E-state index is 5.37. The van der Waals surface area contributed by atoms with Gasteiger partial charge in [-0.15, -0.1) is 0 Å². The zero-order chi connectivity index (χ0) is 8.65. The van der Waals surface area contributed by atoms with Gasteiger partial charge in [0.15, 0.2) is 12.5 Å². The molecule has 2 atom stereocenters. The van der Waals surface area contributed by atoms with Crippen molar-refractivity contribution in [3.63, 3.8) is 0 Å². The first kappa shape index (κ1) is 8.97. The van der Waals surface area contributed by atoms with E-state index in [1.165, 1.54) is 0 Å². The number of hydrogen-bond donors (Lipinski definition) is 1. The molecule has 3 heteroatoms. The number of rotatable bonds is 2. The molecule has 1 aliphatic heterocycles. The largest absolute Gasteiger partial charge is 0.337 e. The summed E-state index contributed by atoms with van der Waals surface area (Å²) in [4.78, 5) is 2.07. The van der Waals surface area contributed by atoms with Crippen molar-refractivity contribution < 1.29 is 4.74 Å². The summed E-state index contributed by atoms with van der Waals surface area (Å²) in [6.07, 6.45) is 0.499. The first-order valence-electron chi connectivity index (χ1n) is 4.00. The van der Waals surface area contributed by atoms with Crippen LogP contribution in [0.25, 0.3) is 0 Å². The molecule has 66 valence electrons. The van der Waals surface area contributed by atoms with E-state index in [-0.39, 0.29) is 18.0 Å².